The van der Waals surface area contributed by atoms with Gasteiger partial charge in [0.25, 0.3) is 0 Å². The van der Waals surface area contributed by atoms with E-state index < -0.39 is 0 Å². The van der Waals surface area contributed by atoms with Gasteiger partial charge in [0.05, 0.1) is 35.5 Å². The number of ether oxygens (including phenoxy) is 1. The van der Waals surface area contributed by atoms with Crippen molar-refractivity contribution in [3.05, 3.63) is 30.2 Å². The van der Waals surface area contributed by atoms with E-state index >= 15 is 0 Å². The molecule has 0 atom stereocenters. The Morgan fingerprint density at radius 3 is 2.75 bits per heavy atom. The number of nitrogens with zero attached hydrogens (tertiary/aromatic N) is 5. The summed E-state index contributed by atoms with van der Waals surface area (Å²) in [5.41, 5.74) is 3.34. The zero-order valence-corrected chi connectivity index (χ0v) is 13.9. The second kappa shape index (κ2) is 5.68. The lowest BCUT2D eigenvalue weighted by molar-refractivity contribution is 0.403. The Morgan fingerprint density at radius 1 is 1.33 bits per heavy atom. The van der Waals surface area contributed by atoms with Crippen LogP contribution in [0, 0.1) is 11.3 Å². The van der Waals surface area contributed by atoms with Gasteiger partial charge in [0.1, 0.15) is 6.07 Å². The first-order valence-corrected chi connectivity index (χ1v) is 8.20. The molecule has 6 nitrogen and oxygen atoms in total. The number of hydrogen-bond donors (Lipinski definition) is 0. The van der Waals surface area contributed by atoms with E-state index in [-0.39, 0.29) is 0 Å². The third-order valence-corrected chi connectivity index (χ3v) is 4.83. The van der Waals surface area contributed by atoms with E-state index in [1.54, 1.807) is 18.0 Å². The zero-order valence-electron chi connectivity index (χ0n) is 13.9. The highest BCUT2D eigenvalue weighted by Crippen LogP contribution is 2.41. The van der Waals surface area contributed by atoms with Crippen LogP contribution >= 0.6 is 0 Å². The van der Waals surface area contributed by atoms with Gasteiger partial charge in [-0.2, -0.15) is 10.4 Å². The molecule has 24 heavy (non-hydrogen) atoms. The molecular formula is C18H19N5O. The van der Waals surface area contributed by atoms with E-state index in [1.807, 2.05) is 19.3 Å². The number of hydrogen-bond acceptors (Lipinski definition) is 4. The van der Waals surface area contributed by atoms with E-state index in [2.05, 4.69) is 26.9 Å². The molecule has 122 valence electrons. The normalized spacial score (nSPS) is 15.0. The van der Waals surface area contributed by atoms with Gasteiger partial charge in [0, 0.05) is 31.0 Å². The molecule has 0 aromatic carbocycles. The molecule has 3 aromatic rings. The van der Waals surface area contributed by atoms with Crippen LogP contribution in [0.15, 0.2) is 24.7 Å². The lowest BCUT2D eigenvalue weighted by Crippen LogP contribution is -2.04. The Kier molecular flexibility index (Phi) is 3.49. The van der Waals surface area contributed by atoms with Crippen molar-refractivity contribution in [3.63, 3.8) is 0 Å². The van der Waals surface area contributed by atoms with Crippen LogP contribution in [0.25, 0.3) is 22.2 Å². The van der Waals surface area contributed by atoms with Crippen LogP contribution in [0.2, 0.25) is 0 Å². The highest BCUT2D eigenvalue weighted by molar-refractivity contribution is 6.01. The molecule has 4 rings (SSSR count). The quantitative estimate of drug-likeness (QED) is 0.741. The minimum atomic E-state index is 0.421. The molecule has 0 radical (unpaired) electrons. The molecule has 3 heterocycles. The number of fused-ring (bicyclic) bond motifs is 1. The third-order valence-electron chi connectivity index (χ3n) is 4.83. The Morgan fingerprint density at radius 2 is 2.12 bits per heavy atom. The monoisotopic (exact) mass is 321 g/mol. The van der Waals surface area contributed by atoms with Gasteiger partial charge in [-0.15, -0.1) is 0 Å². The number of nitriles is 1. The van der Waals surface area contributed by atoms with Gasteiger partial charge in [-0.05, 0) is 18.9 Å². The first-order chi connectivity index (χ1) is 11.7. The Balaban J connectivity index is 2.06. The van der Waals surface area contributed by atoms with Crippen LogP contribution in [0.5, 0.6) is 5.88 Å². The van der Waals surface area contributed by atoms with Crippen LogP contribution in [0.4, 0.5) is 0 Å². The Bertz CT molecular complexity index is 940. The molecule has 0 aliphatic heterocycles. The SMILES string of the molecule is COc1ncc(C#N)c2c1c(-c1ccn(C)n1)cn2C1CCCC1. The van der Waals surface area contributed by atoms with Crippen molar-refractivity contribution < 1.29 is 4.74 Å². The van der Waals surface area contributed by atoms with Crippen LogP contribution < -0.4 is 4.74 Å². The predicted octanol–water partition coefficient (Wildman–Crippen LogP) is 3.43. The van der Waals surface area contributed by atoms with Gasteiger partial charge in [0.15, 0.2) is 0 Å². The highest BCUT2D eigenvalue weighted by atomic mass is 16.5. The fourth-order valence-electron chi connectivity index (χ4n) is 3.72. The molecule has 1 aliphatic rings. The Labute approximate surface area is 140 Å². The van der Waals surface area contributed by atoms with Crippen molar-refractivity contribution >= 4 is 10.9 Å². The van der Waals surface area contributed by atoms with E-state index in [1.165, 1.54) is 12.8 Å². The lowest BCUT2D eigenvalue weighted by Gasteiger charge is -2.14. The van der Waals surface area contributed by atoms with Crippen molar-refractivity contribution in [1.29, 1.82) is 5.26 Å². The van der Waals surface area contributed by atoms with E-state index in [9.17, 15) is 5.26 Å². The maximum atomic E-state index is 9.59. The molecule has 0 saturated heterocycles. The van der Waals surface area contributed by atoms with Crippen LogP contribution in [-0.4, -0.2) is 26.4 Å². The molecule has 0 bridgehead atoms. The average Bonchev–Trinajstić information content (AvgIpc) is 3.32. The first kappa shape index (κ1) is 14.8. The maximum Gasteiger partial charge on any atom is 0.223 e. The largest absolute Gasteiger partial charge is 0.480 e. The summed E-state index contributed by atoms with van der Waals surface area (Å²) in [6, 6.07) is 4.69. The molecule has 1 fully saturated rings. The molecule has 0 unspecified atom stereocenters. The van der Waals surface area contributed by atoms with Gasteiger partial charge >= 0.3 is 0 Å². The Hall–Kier alpha value is -2.81. The van der Waals surface area contributed by atoms with Crippen LogP contribution in [0.3, 0.4) is 0 Å². The molecule has 6 heteroatoms. The lowest BCUT2D eigenvalue weighted by atomic mass is 10.1. The molecular weight excluding hydrogens is 302 g/mol. The summed E-state index contributed by atoms with van der Waals surface area (Å²) in [6.07, 6.45) is 10.4. The third kappa shape index (κ3) is 2.16. The molecule has 3 aromatic heterocycles. The molecule has 1 aliphatic carbocycles. The number of methoxy groups -OCH3 is 1. The second-order valence-electron chi connectivity index (χ2n) is 6.28. The standard InChI is InChI=1S/C18H19N5O/c1-22-8-7-15(21-22)14-11-23(13-5-3-4-6-13)17-12(9-19)10-20-18(24-2)16(14)17/h7-8,10-11,13H,3-6H2,1-2H3. The topological polar surface area (TPSA) is 68.7 Å². The average molecular weight is 321 g/mol. The smallest absolute Gasteiger partial charge is 0.223 e. The zero-order chi connectivity index (χ0) is 16.7. The van der Waals surface area contributed by atoms with E-state index in [4.69, 9.17) is 4.74 Å². The molecule has 0 amide bonds. The van der Waals surface area contributed by atoms with Crippen molar-refractivity contribution in [2.45, 2.75) is 31.7 Å². The van der Waals surface area contributed by atoms with Crippen molar-refractivity contribution in [1.82, 2.24) is 19.3 Å². The first-order valence-electron chi connectivity index (χ1n) is 8.20. The minimum absolute atomic E-state index is 0.421. The van der Waals surface area contributed by atoms with Crippen LogP contribution in [0.1, 0.15) is 37.3 Å². The minimum Gasteiger partial charge on any atom is -0.480 e. The summed E-state index contributed by atoms with van der Waals surface area (Å²) in [4.78, 5) is 4.34. The highest BCUT2D eigenvalue weighted by Gasteiger charge is 2.25. The summed E-state index contributed by atoms with van der Waals surface area (Å²) in [6.45, 7) is 0. The summed E-state index contributed by atoms with van der Waals surface area (Å²) in [5, 5.41) is 15.0. The number of aromatic nitrogens is 4. The fourth-order valence-corrected chi connectivity index (χ4v) is 3.72. The van der Waals surface area contributed by atoms with Gasteiger partial charge in [-0.1, -0.05) is 12.8 Å². The van der Waals surface area contributed by atoms with Gasteiger partial charge in [-0.3, -0.25) is 4.68 Å². The summed E-state index contributed by atoms with van der Waals surface area (Å²) >= 11 is 0. The molecule has 0 N–H and O–H groups in total. The predicted molar refractivity (Wildman–Crippen MR) is 90.7 cm³/mol. The fraction of sp³-hybridized carbons (Fsp3) is 0.389. The molecule has 1 saturated carbocycles. The summed E-state index contributed by atoms with van der Waals surface area (Å²) in [7, 11) is 3.51. The van der Waals surface area contributed by atoms with Gasteiger partial charge in [0.2, 0.25) is 5.88 Å². The number of aryl methyl sites for hydroxylation is 1. The summed E-state index contributed by atoms with van der Waals surface area (Å²) in [5.74, 6) is 0.543. The van der Waals surface area contributed by atoms with Gasteiger partial charge < -0.3 is 9.30 Å². The summed E-state index contributed by atoms with van der Waals surface area (Å²) < 4.78 is 9.53. The second-order valence-corrected chi connectivity index (χ2v) is 6.28. The van der Waals surface area contributed by atoms with Gasteiger partial charge in [-0.25, -0.2) is 4.98 Å². The van der Waals surface area contributed by atoms with Crippen LogP contribution in [-0.2, 0) is 7.05 Å². The van der Waals surface area contributed by atoms with Crippen molar-refractivity contribution in [3.8, 4) is 23.2 Å². The molecule has 0 spiro atoms. The van der Waals surface area contributed by atoms with Crippen molar-refractivity contribution in [2.75, 3.05) is 7.11 Å². The maximum absolute atomic E-state index is 9.59. The van der Waals surface area contributed by atoms with Crippen molar-refractivity contribution in [2.24, 2.45) is 7.05 Å². The van der Waals surface area contributed by atoms with E-state index in [0.717, 1.165) is 35.0 Å². The number of rotatable bonds is 3. The van der Waals surface area contributed by atoms with E-state index in [0.29, 0.717) is 17.5 Å². The number of pyridine rings is 1.